The summed E-state index contributed by atoms with van der Waals surface area (Å²) in [7, 11) is 2.94. The number of carbonyl (C=O) groups excluding carboxylic acids is 2. The quantitative estimate of drug-likeness (QED) is 0.673. The molecule has 1 aromatic carbocycles. The molecule has 2 aliphatic heterocycles. The minimum atomic E-state index is -0.638. The van der Waals surface area contributed by atoms with Gasteiger partial charge in [0.1, 0.15) is 23.5 Å². The summed E-state index contributed by atoms with van der Waals surface area (Å²) < 4.78 is 21.9. The van der Waals surface area contributed by atoms with Crippen molar-refractivity contribution in [2.75, 3.05) is 47.1 Å². The first-order valence-electron chi connectivity index (χ1n) is 10.6. The van der Waals surface area contributed by atoms with E-state index < -0.39 is 6.04 Å². The highest BCUT2D eigenvalue weighted by Gasteiger charge is 2.43. The van der Waals surface area contributed by atoms with E-state index >= 15 is 0 Å². The van der Waals surface area contributed by atoms with Gasteiger partial charge in [0.2, 0.25) is 17.7 Å². The van der Waals surface area contributed by atoms with Crippen LogP contribution in [0, 0.1) is 0 Å². The Hall–Kier alpha value is -3.33. The van der Waals surface area contributed by atoms with Gasteiger partial charge in [-0.25, -0.2) is 0 Å². The molecule has 0 bridgehead atoms. The summed E-state index contributed by atoms with van der Waals surface area (Å²) >= 11 is 0. The van der Waals surface area contributed by atoms with Gasteiger partial charge in [-0.2, -0.15) is 4.98 Å². The van der Waals surface area contributed by atoms with E-state index in [1.807, 2.05) is 30.3 Å². The van der Waals surface area contributed by atoms with Gasteiger partial charge in [0.25, 0.3) is 5.91 Å². The Kier molecular flexibility index (Phi) is 6.75. The minimum absolute atomic E-state index is 0.0961. The monoisotopic (exact) mass is 441 g/mol. The number of benzene rings is 1. The maximum absolute atomic E-state index is 13.5. The smallest absolute Gasteiger partial charge is 0.260 e. The van der Waals surface area contributed by atoms with Crippen LogP contribution in [-0.4, -0.2) is 85.8 Å². The zero-order chi connectivity index (χ0) is 22.5. The summed E-state index contributed by atoms with van der Waals surface area (Å²) in [6.45, 7) is 2.28. The topological polar surface area (TPSA) is 90.4 Å². The van der Waals surface area contributed by atoms with Crippen LogP contribution in [0.5, 0.6) is 17.5 Å². The van der Waals surface area contributed by atoms with E-state index in [-0.39, 0.29) is 35.9 Å². The molecule has 2 atom stereocenters. The van der Waals surface area contributed by atoms with Crippen LogP contribution in [0.2, 0.25) is 0 Å². The Morgan fingerprint density at radius 2 is 1.78 bits per heavy atom. The second-order valence-corrected chi connectivity index (χ2v) is 7.61. The van der Waals surface area contributed by atoms with Crippen molar-refractivity contribution >= 4 is 11.8 Å². The maximum atomic E-state index is 13.5. The molecule has 4 rings (SSSR count). The van der Waals surface area contributed by atoms with Crippen LogP contribution < -0.4 is 14.2 Å². The molecular formula is C23H27N3O6. The first-order valence-corrected chi connectivity index (χ1v) is 10.6. The third-order valence-electron chi connectivity index (χ3n) is 5.64. The highest BCUT2D eigenvalue weighted by molar-refractivity contribution is 5.99. The molecule has 0 aliphatic carbocycles. The van der Waals surface area contributed by atoms with E-state index in [9.17, 15) is 9.59 Å². The fourth-order valence-electron chi connectivity index (χ4n) is 4.04. The normalized spacial score (nSPS) is 20.7. The Morgan fingerprint density at radius 1 is 1.03 bits per heavy atom. The van der Waals surface area contributed by atoms with Crippen LogP contribution in [0.4, 0.5) is 0 Å². The van der Waals surface area contributed by atoms with Crippen molar-refractivity contribution in [1.82, 2.24) is 14.8 Å². The highest BCUT2D eigenvalue weighted by atomic mass is 16.5. The van der Waals surface area contributed by atoms with E-state index in [2.05, 4.69) is 4.98 Å². The molecule has 2 aromatic rings. The van der Waals surface area contributed by atoms with Gasteiger partial charge in [0, 0.05) is 25.6 Å². The number of pyridine rings is 1. The first-order chi connectivity index (χ1) is 15.6. The molecule has 0 radical (unpaired) electrons. The number of ether oxygens (including phenoxy) is 4. The van der Waals surface area contributed by atoms with E-state index in [0.717, 1.165) is 0 Å². The number of methoxy groups -OCH3 is 2. The third-order valence-corrected chi connectivity index (χ3v) is 5.64. The number of carbonyl (C=O) groups is 2. The molecule has 170 valence electrons. The summed E-state index contributed by atoms with van der Waals surface area (Å²) in [4.78, 5) is 34.4. The van der Waals surface area contributed by atoms with Crippen molar-refractivity contribution in [2.45, 2.75) is 18.6 Å². The predicted octanol–water partition coefficient (Wildman–Crippen LogP) is 1.62. The zero-order valence-corrected chi connectivity index (χ0v) is 18.2. The molecular weight excluding hydrogens is 414 g/mol. The van der Waals surface area contributed by atoms with Gasteiger partial charge in [-0.05, 0) is 18.2 Å². The molecule has 2 fully saturated rings. The van der Waals surface area contributed by atoms with Crippen LogP contribution in [0.1, 0.15) is 16.8 Å². The molecule has 0 spiro atoms. The molecule has 0 unspecified atom stereocenters. The van der Waals surface area contributed by atoms with Gasteiger partial charge < -0.3 is 28.7 Å². The van der Waals surface area contributed by atoms with Gasteiger partial charge >= 0.3 is 0 Å². The van der Waals surface area contributed by atoms with E-state index in [1.165, 1.54) is 14.2 Å². The van der Waals surface area contributed by atoms with Gasteiger partial charge in [-0.1, -0.05) is 18.2 Å². The number of morpholine rings is 1. The summed E-state index contributed by atoms with van der Waals surface area (Å²) in [6.07, 6.45) is 0.0939. The molecule has 9 heteroatoms. The number of likely N-dealkylation sites (tertiary alicyclic amines) is 1. The molecule has 2 aliphatic rings. The second-order valence-electron chi connectivity index (χ2n) is 7.61. The zero-order valence-electron chi connectivity index (χ0n) is 18.2. The van der Waals surface area contributed by atoms with Crippen LogP contribution in [-0.2, 0) is 9.53 Å². The van der Waals surface area contributed by atoms with Gasteiger partial charge in [-0.3, -0.25) is 9.59 Å². The fraction of sp³-hybridized carbons (Fsp3) is 0.435. The number of amides is 2. The molecule has 3 heterocycles. The van der Waals surface area contributed by atoms with Crippen molar-refractivity contribution in [3.63, 3.8) is 0 Å². The van der Waals surface area contributed by atoms with Gasteiger partial charge in [-0.15, -0.1) is 0 Å². The second kappa shape index (κ2) is 9.86. The van der Waals surface area contributed by atoms with Crippen molar-refractivity contribution in [2.24, 2.45) is 0 Å². The van der Waals surface area contributed by atoms with Crippen LogP contribution in [0.25, 0.3) is 0 Å². The number of rotatable bonds is 6. The lowest BCUT2D eigenvalue weighted by atomic mass is 10.1. The molecule has 32 heavy (non-hydrogen) atoms. The van der Waals surface area contributed by atoms with Crippen molar-refractivity contribution in [3.05, 3.63) is 48.0 Å². The Bertz CT molecular complexity index is 948. The Labute approximate surface area is 186 Å². The van der Waals surface area contributed by atoms with E-state index in [4.69, 9.17) is 18.9 Å². The van der Waals surface area contributed by atoms with Gasteiger partial charge in [0.05, 0.1) is 34.0 Å². The van der Waals surface area contributed by atoms with Crippen LogP contribution >= 0.6 is 0 Å². The molecule has 2 saturated heterocycles. The van der Waals surface area contributed by atoms with E-state index in [1.54, 1.807) is 21.9 Å². The van der Waals surface area contributed by atoms with Crippen molar-refractivity contribution < 1.29 is 28.5 Å². The number of hydrogen-bond acceptors (Lipinski definition) is 7. The lowest BCUT2D eigenvalue weighted by Gasteiger charge is -2.32. The van der Waals surface area contributed by atoms with Crippen LogP contribution in [0.15, 0.2) is 42.5 Å². The van der Waals surface area contributed by atoms with Gasteiger partial charge in [0.15, 0.2) is 0 Å². The molecule has 0 saturated carbocycles. The largest absolute Gasteiger partial charge is 0.488 e. The number of hydrogen-bond donors (Lipinski definition) is 0. The fourth-order valence-corrected chi connectivity index (χ4v) is 4.04. The summed E-state index contributed by atoms with van der Waals surface area (Å²) in [5, 5.41) is 0. The molecule has 9 nitrogen and oxygen atoms in total. The summed E-state index contributed by atoms with van der Waals surface area (Å²) in [5.41, 5.74) is 0.272. The Morgan fingerprint density at radius 3 is 2.47 bits per heavy atom. The lowest BCUT2D eigenvalue weighted by molar-refractivity contribution is -0.139. The van der Waals surface area contributed by atoms with Crippen molar-refractivity contribution in [3.8, 4) is 17.5 Å². The minimum Gasteiger partial charge on any atom is -0.488 e. The first kappa shape index (κ1) is 21.9. The number of para-hydroxylation sites is 1. The SMILES string of the molecule is COc1ccc(C(=O)N2C[C@@H](Oc3ccccc3)C[C@H]2C(=O)N2CCOCC2)c(OC)n1. The van der Waals surface area contributed by atoms with Crippen LogP contribution in [0.3, 0.4) is 0 Å². The average Bonchev–Trinajstić information content (AvgIpc) is 3.27. The number of nitrogens with zero attached hydrogens (tertiary/aromatic N) is 3. The third kappa shape index (κ3) is 4.62. The maximum Gasteiger partial charge on any atom is 0.260 e. The number of aromatic nitrogens is 1. The van der Waals surface area contributed by atoms with Crippen molar-refractivity contribution in [1.29, 1.82) is 0 Å². The summed E-state index contributed by atoms with van der Waals surface area (Å²) in [6, 6.07) is 12.0. The molecule has 1 aromatic heterocycles. The standard InChI is InChI=1S/C23H27N3O6/c1-29-20-9-8-18(21(24-20)30-2)22(27)26-15-17(32-16-6-4-3-5-7-16)14-19(26)23(28)25-10-12-31-13-11-25/h3-9,17,19H,10-15H2,1-2H3/t17-,19-/m0/s1. The van der Waals surface area contributed by atoms with E-state index in [0.29, 0.717) is 44.4 Å². The Balaban J connectivity index is 1.60. The molecule has 0 N–H and O–H groups in total. The molecule has 2 amide bonds. The summed E-state index contributed by atoms with van der Waals surface area (Å²) in [5.74, 6) is 0.766. The lowest BCUT2D eigenvalue weighted by Crippen LogP contribution is -2.51. The average molecular weight is 441 g/mol. The predicted molar refractivity (Wildman–Crippen MR) is 115 cm³/mol. The highest BCUT2D eigenvalue weighted by Crippen LogP contribution is 2.29.